The van der Waals surface area contributed by atoms with Crippen LogP contribution in [-0.4, -0.2) is 31.6 Å². The lowest BCUT2D eigenvalue weighted by Crippen LogP contribution is -2.16. The van der Waals surface area contributed by atoms with Gasteiger partial charge in [-0.15, -0.1) is 0 Å². The molecular formula is C16H18N2O4S. The summed E-state index contributed by atoms with van der Waals surface area (Å²) in [6.07, 6.45) is 1.81. The summed E-state index contributed by atoms with van der Waals surface area (Å²) in [5.41, 5.74) is 2.77. The molecule has 1 heterocycles. The summed E-state index contributed by atoms with van der Waals surface area (Å²) in [5, 5.41) is 23.1. The maximum atomic E-state index is 11.7. The second-order valence-corrected chi connectivity index (χ2v) is 7.55. The summed E-state index contributed by atoms with van der Waals surface area (Å²) in [5.74, 6) is 0.0371. The average molecular weight is 334 g/mol. The molecule has 0 unspecified atom stereocenters. The fourth-order valence-electron chi connectivity index (χ4n) is 2.70. The smallest absolute Gasteiger partial charge is 0.175 e. The highest BCUT2D eigenvalue weighted by atomic mass is 32.2. The van der Waals surface area contributed by atoms with E-state index in [9.17, 15) is 18.6 Å². The molecular weight excluding hydrogens is 316 g/mol. The van der Waals surface area contributed by atoms with Gasteiger partial charge in [-0.05, 0) is 36.2 Å². The van der Waals surface area contributed by atoms with Gasteiger partial charge in [0.1, 0.15) is 11.5 Å². The highest BCUT2D eigenvalue weighted by molar-refractivity contribution is 7.90. The normalized spacial score (nSPS) is 13.7. The standard InChI is InChI=1S/C16H18N2O4S/c1-3-10-6-14(16(20)8-15(10)19)18-9-17-12-7-11(23(2,21)22)4-5-13(12)18/h4-8,17,19-20H,3,9H2,1-2H3. The molecule has 2 aromatic rings. The van der Waals surface area contributed by atoms with E-state index in [2.05, 4.69) is 5.32 Å². The third-order valence-corrected chi connectivity index (χ3v) is 5.07. The molecule has 1 aliphatic heterocycles. The summed E-state index contributed by atoms with van der Waals surface area (Å²) in [4.78, 5) is 2.09. The van der Waals surface area contributed by atoms with Gasteiger partial charge in [-0.25, -0.2) is 8.42 Å². The molecule has 0 aliphatic carbocycles. The van der Waals surface area contributed by atoms with Crippen molar-refractivity contribution >= 4 is 26.9 Å². The van der Waals surface area contributed by atoms with Gasteiger partial charge in [0.2, 0.25) is 0 Å². The minimum atomic E-state index is -3.27. The molecule has 3 rings (SSSR count). The van der Waals surface area contributed by atoms with Crippen LogP contribution in [0.4, 0.5) is 17.1 Å². The van der Waals surface area contributed by atoms with Crippen LogP contribution in [0.2, 0.25) is 0 Å². The molecule has 0 fully saturated rings. The number of hydrogen-bond donors (Lipinski definition) is 3. The first-order chi connectivity index (χ1) is 10.8. The van der Waals surface area contributed by atoms with Crippen LogP contribution < -0.4 is 10.2 Å². The van der Waals surface area contributed by atoms with Crippen molar-refractivity contribution in [3.8, 4) is 11.5 Å². The van der Waals surface area contributed by atoms with E-state index in [1.165, 1.54) is 12.3 Å². The van der Waals surface area contributed by atoms with Crippen LogP contribution in [0.5, 0.6) is 11.5 Å². The molecule has 0 bridgehead atoms. The molecule has 0 amide bonds. The summed E-state index contributed by atoms with van der Waals surface area (Å²) in [6, 6.07) is 7.92. The number of nitrogens with one attached hydrogen (secondary N) is 1. The lowest BCUT2D eigenvalue weighted by Gasteiger charge is -2.20. The van der Waals surface area contributed by atoms with Crippen LogP contribution in [0, 0.1) is 0 Å². The average Bonchev–Trinajstić information content (AvgIpc) is 2.89. The molecule has 0 saturated carbocycles. The fourth-order valence-corrected chi connectivity index (χ4v) is 3.34. The quantitative estimate of drug-likeness (QED) is 0.799. The molecule has 0 spiro atoms. The summed E-state index contributed by atoms with van der Waals surface area (Å²) in [6.45, 7) is 2.33. The van der Waals surface area contributed by atoms with Gasteiger partial charge in [0.25, 0.3) is 0 Å². The Hall–Kier alpha value is -2.41. The van der Waals surface area contributed by atoms with E-state index in [-0.39, 0.29) is 16.4 Å². The van der Waals surface area contributed by atoms with Gasteiger partial charge in [-0.2, -0.15) is 0 Å². The van der Waals surface area contributed by atoms with E-state index >= 15 is 0 Å². The lowest BCUT2D eigenvalue weighted by molar-refractivity contribution is 0.447. The van der Waals surface area contributed by atoms with Gasteiger partial charge in [-0.3, -0.25) is 0 Å². The third kappa shape index (κ3) is 2.68. The topological polar surface area (TPSA) is 89.9 Å². The largest absolute Gasteiger partial charge is 0.508 e. The predicted molar refractivity (Wildman–Crippen MR) is 89.3 cm³/mol. The number of anilines is 3. The molecule has 1 aliphatic rings. The van der Waals surface area contributed by atoms with Crippen LogP contribution in [0.1, 0.15) is 12.5 Å². The second kappa shape index (κ2) is 5.34. The third-order valence-electron chi connectivity index (χ3n) is 3.96. The molecule has 0 aromatic heterocycles. The Morgan fingerprint density at radius 1 is 1.13 bits per heavy atom. The molecule has 23 heavy (non-hydrogen) atoms. The number of fused-ring (bicyclic) bond motifs is 1. The Bertz CT molecular complexity index is 878. The zero-order valence-corrected chi connectivity index (χ0v) is 13.7. The predicted octanol–water partition coefficient (Wildman–Crippen LogP) is 2.58. The van der Waals surface area contributed by atoms with Crippen LogP contribution in [0.3, 0.4) is 0 Å². The zero-order chi connectivity index (χ0) is 16.8. The maximum absolute atomic E-state index is 11.7. The van der Waals surface area contributed by atoms with Crippen molar-refractivity contribution in [2.75, 3.05) is 23.1 Å². The molecule has 2 aromatic carbocycles. The van der Waals surface area contributed by atoms with Crippen molar-refractivity contribution in [2.24, 2.45) is 0 Å². The Morgan fingerprint density at radius 2 is 1.87 bits per heavy atom. The van der Waals surface area contributed by atoms with E-state index in [0.717, 1.165) is 11.3 Å². The number of rotatable bonds is 3. The fraction of sp³-hybridized carbons (Fsp3) is 0.250. The second-order valence-electron chi connectivity index (χ2n) is 5.54. The molecule has 3 N–H and O–H groups in total. The van der Waals surface area contributed by atoms with Crippen LogP contribution >= 0.6 is 0 Å². The van der Waals surface area contributed by atoms with Crippen molar-refractivity contribution in [3.05, 3.63) is 35.9 Å². The first kappa shape index (κ1) is 15.5. The summed E-state index contributed by atoms with van der Waals surface area (Å²) in [7, 11) is -3.27. The Labute approximate surface area is 134 Å². The van der Waals surface area contributed by atoms with Crippen molar-refractivity contribution < 1.29 is 18.6 Å². The van der Waals surface area contributed by atoms with Crippen LogP contribution in [0.25, 0.3) is 0 Å². The summed E-state index contributed by atoms with van der Waals surface area (Å²) < 4.78 is 23.3. The van der Waals surface area contributed by atoms with Crippen molar-refractivity contribution in [3.63, 3.8) is 0 Å². The molecule has 6 nitrogen and oxygen atoms in total. The number of phenols is 2. The van der Waals surface area contributed by atoms with E-state index < -0.39 is 9.84 Å². The highest BCUT2D eigenvalue weighted by Gasteiger charge is 2.24. The monoisotopic (exact) mass is 334 g/mol. The SMILES string of the molecule is CCc1cc(N2CNc3cc(S(C)(=O)=O)ccc32)c(O)cc1O. The van der Waals surface area contributed by atoms with E-state index in [1.807, 2.05) is 11.8 Å². The minimum Gasteiger partial charge on any atom is -0.508 e. The molecule has 0 saturated heterocycles. The number of phenolic OH excluding ortho intramolecular Hbond substituents is 2. The van der Waals surface area contributed by atoms with Gasteiger partial charge >= 0.3 is 0 Å². The number of aromatic hydroxyl groups is 2. The highest BCUT2D eigenvalue weighted by Crippen LogP contribution is 2.43. The Balaban J connectivity index is 2.07. The molecule has 0 radical (unpaired) electrons. The zero-order valence-electron chi connectivity index (χ0n) is 12.9. The Morgan fingerprint density at radius 3 is 2.52 bits per heavy atom. The van der Waals surface area contributed by atoms with Crippen molar-refractivity contribution in [2.45, 2.75) is 18.2 Å². The number of nitrogens with zero attached hydrogens (tertiary/aromatic N) is 1. The van der Waals surface area contributed by atoms with Crippen LogP contribution in [-0.2, 0) is 16.3 Å². The van der Waals surface area contributed by atoms with E-state index in [1.54, 1.807) is 24.3 Å². The van der Waals surface area contributed by atoms with E-state index in [0.29, 0.717) is 24.5 Å². The molecule has 0 atom stereocenters. The van der Waals surface area contributed by atoms with Gasteiger partial charge in [0.05, 0.1) is 28.6 Å². The van der Waals surface area contributed by atoms with Crippen molar-refractivity contribution in [1.82, 2.24) is 0 Å². The number of sulfone groups is 1. The van der Waals surface area contributed by atoms with Gasteiger partial charge in [-0.1, -0.05) is 6.92 Å². The van der Waals surface area contributed by atoms with E-state index in [4.69, 9.17) is 0 Å². The number of hydrogen-bond acceptors (Lipinski definition) is 6. The lowest BCUT2D eigenvalue weighted by atomic mass is 10.1. The van der Waals surface area contributed by atoms with Gasteiger partial charge < -0.3 is 20.4 Å². The Kier molecular flexibility index (Phi) is 3.60. The summed E-state index contributed by atoms with van der Waals surface area (Å²) >= 11 is 0. The minimum absolute atomic E-state index is 0.0264. The first-order valence-electron chi connectivity index (χ1n) is 7.21. The van der Waals surface area contributed by atoms with Crippen molar-refractivity contribution in [1.29, 1.82) is 0 Å². The van der Waals surface area contributed by atoms with Gasteiger partial charge in [0, 0.05) is 12.3 Å². The maximum Gasteiger partial charge on any atom is 0.175 e. The molecule has 7 heteroatoms. The molecule has 122 valence electrons. The number of benzene rings is 2. The van der Waals surface area contributed by atoms with Gasteiger partial charge in [0.15, 0.2) is 9.84 Å². The number of aryl methyl sites for hydroxylation is 1. The first-order valence-corrected chi connectivity index (χ1v) is 9.10. The van der Waals surface area contributed by atoms with Crippen LogP contribution in [0.15, 0.2) is 35.2 Å².